The van der Waals surface area contributed by atoms with Crippen LogP contribution in [0.15, 0.2) is 121 Å². The Morgan fingerprint density at radius 3 is 0.703 bits per heavy atom. The normalized spacial score (nSPS) is 13.6. The first-order valence-electron chi connectivity index (χ1n) is 23.6. The average molecular weight is 839 g/mol. The van der Waals surface area contributed by atoms with E-state index in [0.717, 1.165) is 0 Å². The Morgan fingerprint density at radius 2 is 0.516 bits per heavy atom. The highest BCUT2D eigenvalue weighted by atomic mass is 15.1. The van der Waals surface area contributed by atoms with Crippen LogP contribution in [0.4, 0.5) is 11.4 Å². The molecule has 1 heterocycles. The molecular weight excluding hydrogens is 770 g/mol. The van der Waals surface area contributed by atoms with Crippen molar-refractivity contribution in [2.75, 3.05) is 38.0 Å². The first-order valence-corrected chi connectivity index (χ1v) is 23.6. The number of fused-ring (bicyclic) bond motifs is 6. The van der Waals surface area contributed by atoms with Crippen LogP contribution in [0.25, 0.3) is 43.1 Å². The molecule has 64 heavy (non-hydrogen) atoms. The summed E-state index contributed by atoms with van der Waals surface area (Å²) in [7, 11) is 8.85. The molecule has 4 heteroatoms. The van der Waals surface area contributed by atoms with Gasteiger partial charge in [-0.1, -0.05) is 237 Å². The van der Waals surface area contributed by atoms with E-state index in [9.17, 15) is 0 Å². The summed E-state index contributed by atoms with van der Waals surface area (Å²) >= 11 is 0. The fourth-order valence-corrected chi connectivity index (χ4v) is 11.0. The van der Waals surface area contributed by atoms with Crippen LogP contribution in [-0.4, -0.2) is 41.6 Å². The number of nitrogens with zero attached hydrogens (tertiary/aromatic N) is 2. The van der Waals surface area contributed by atoms with Crippen LogP contribution in [0.5, 0.6) is 0 Å². The van der Waals surface area contributed by atoms with Gasteiger partial charge in [-0.25, -0.2) is 0 Å². The molecule has 0 bridgehead atoms. The summed E-state index contributed by atoms with van der Waals surface area (Å²) in [4.78, 5) is 4.68. The summed E-state index contributed by atoms with van der Waals surface area (Å²) < 4.78 is 0. The molecule has 0 aliphatic carbocycles. The molecule has 8 aromatic carbocycles. The van der Waals surface area contributed by atoms with Crippen LogP contribution in [-0.2, 0) is 21.7 Å². The fraction of sp³-hybridized carbons (Fsp3) is 0.333. The van der Waals surface area contributed by atoms with Crippen molar-refractivity contribution in [1.82, 2.24) is 0 Å². The molecule has 0 radical (unpaired) electrons. The molecule has 0 unspecified atom stereocenters. The number of anilines is 2. The summed E-state index contributed by atoms with van der Waals surface area (Å²) in [5.74, 6) is 0. The van der Waals surface area contributed by atoms with Gasteiger partial charge in [-0.15, -0.1) is 0 Å². The second-order valence-corrected chi connectivity index (χ2v) is 23.5. The molecule has 0 N–H and O–H groups in total. The number of hydrogen-bond acceptors (Lipinski definition) is 2. The van der Waals surface area contributed by atoms with Crippen molar-refractivity contribution in [3.63, 3.8) is 0 Å². The van der Waals surface area contributed by atoms with E-state index in [2.05, 4.69) is 242 Å². The molecule has 0 saturated carbocycles. The van der Waals surface area contributed by atoms with Crippen molar-refractivity contribution in [2.45, 2.75) is 105 Å². The lowest BCUT2D eigenvalue weighted by molar-refractivity contribution is 0.590. The van der Waals surface area contributed by atoms with E-state index < -0.39 is 0 Å². The maximum absolute atomic E-state index is 2.54. The second-order valence-electron chi connectivity index (χ2n) is 23.5. The second kappa shape index (κ2) is 15.0. The van der Waals surface area contributed by atoms with Gasteiger partial charge >= 0.3 is 0 Å². The summed E-state index contributed by atoms with van der Waals surface area (Å²) in [5, 5.41) is 10.6. The number of hydrogen-bond donors (Lipinski definition) is 0. The van der Waals surface area contributed by atoms with Crippen molar-refractivity contribution >= 4 is 101 Å². The molecule has 8 aromatic rings. The van der Waals surface area contributed by atoms with Gasteiger partial charge in [-0.05, 0) is 65.5 Å². The SMILES string of the molecule is CN(C)c1c2ccc(C(C)(C)C)cc2c(B2c3ccccc3B(c3c4cc(C(C)(C)C)ccc4c(N(C)C)c4ccc(C(C)(C)C)cc34)c3ccccc32)c2cc(C(C)(C)C)ccc12. The maximum atomic E-state index is 2.54. The molecule has 0 fully saturated rings. The third kappa shape index (κ3) is 7.11. The lowest BCUT2D eigenvalue weighted by atomic mass is 9.20. The fourth-order valence-electron chi connectivity index (χ4n) is 11.0. The number of rotatable bonds is 4. The third-order valence-electron chi connectivity index (χ3n) is 14.4. The van der Waals surface area contributed by atoms with Gasteiger partial charge in [0.05, 0.1) is 11.4 Å². The van der Waals surface area contributed by atoms with Crippen LogP contribution in [0.1, 0.15) is 105 Å². The molecule has 0 amide bonds. The standard InChI is InChI=1S/C60H68B2N2/c1-57(2,3)37-25-29-41-45(33-37)53(46-34-38(58(4,5)6)26-30-42(46)55(41)63(13)14)61-49-21-17-19-23-51(49)62(52-24-20-18-22-50(52)61)54-47-35-39(59(7,8)9)27-31-43(47)56(64(15)16)44-32-28-40(36-48(44)54)60(10,11)12/h17-36H,1-16H3. The van der Waals surface area contributed by atoms with Gasteiger partial charge in [0.2, 0.25) is 13.4 Å². The number of benzene rings is 8. The summed E-state index contributed by atoms with van der Waals surface area (Å²) in [6.45, 7) is 28.2. The Balaban J connectivity index is 1.47. The molecule has 0 spiro atoms. The molecule has 324 valence electrons. The van der Waals surface area contributed by atoms with Gasteiger partial charge in [0.25, 0.3) is 0 Å². The lowest BCUT2D eigenvalue weighted by Crippen LogP contribution is -2.75. The van der Waals surface area contributed by atoms with Crippen molar-refractivity contribution in [3.8, 4) is 0 Å². The van der Waals surface area contributed by atoms with Crippen molar-refractivity contribution in [1.29, 1.82) is 0 Å². The predicted octanol–water partition coefficient (Wildman–Crippen LogP) is 11.0. The largest absolute Gasteiger partial charge is 0.377 e. The molecule has 1 aliphatic rings. The first-order chi connectivity index (χ1) is 30.0. The molecular formula is C60H68B2N2. The quantitative estimate of drug-likeness (QED) is 0.129. The monoisotopic (exact) mass is 839 g/mol. The molecule has 0 atom stereocenters. The van der Waals surface area contributed by atoms with E-state index >= 15 is 0 Å². The lowest BCUT2D eigenvalue weighted by Gasteiger charge is -2.36. The maximum Gasteiger partial charge on any atom is 0.241 e. The highest BCUT2D eigenvalue weighted by Crippen LogP contribution is 2.40. The zero-order chi connectivity index (χ0) is 46.0. The minimum atomic E-state index is -0.0158. The van der Waals surface area contributed by atoms with Gasteiger partial charge < -0.3 is 9.80 Å². The van der Waals surface area contributed by atoms with E-state index in [1.807, 2.05) is 0 Å². The van der Waals surface area contributed by atoms with Crippen LogP contribution in [0, 0.1) is 0 Å². The molecule has 0 saturated heterocycles. The molecule has 2 nitrogen and oxygen atoms in total. The average Bonchev–Trinajstić information content (AvgIpc) is 3.22. The van der Waals surface area contributed by atoms with Gasteiger partial charge in [0.1, 0.15) is 0 Å². The highest BCUT2D eigenvalue weighted by molar-refractivity contribution is 7.13. The van der Waals surface area contributed by atoms with Gasteiger partial charge in [-0.2, -0.15) is 0 Å². The minimum Gasteiger partial charge on any atom is -0.377 e. The van der Waals surface area contributed by atoms with E-state index in [4.69, 9.17) is 0 Å². The van der Waals surface area contributed by atoms with Gasteiger partial charge in [0, 0.05) is 49.7 Å². The van der Waals surface area contributed by atoms with E-state index in [1.54, 1.807) is 0 Å². The van der Waals surface area contributed by atoms with E-state index in [0.29, 0.717) is 0 Å². The third-order valence-corrected chi connectivity index (χ3v) is 14.4. The van der Waals surface area contributed by atoms with Gasteiger partial charge in [-0.3, -0.25) is 0 Å². The Morgan fingerprint density at radius 1 is 0.297 bits per heavy atom. The molecule has 1 aliphatic heterocycles. The van der Waals surface area contributed by atoms with Crippen LogP contribution < -0.4 is 42.6 Å². The summed E-state index contributed by atoms with van der Waals surface area (Å²) in [6.07, 6.45) is 0. The zero-order valence-corrected chi connectivity index (χ0v) is 41.6. The van der Waals surface area contributed by atoms with E-state index in [-0.39, 0.29) is 35.1 Å². The topological polar surface area (TPSA) is 6.48 Å². The van der Waals surface area contributed by atoms with Crippen molar-refractivity contribution in [3.05, 3.63) is 144 Å². The predicted molar refractivity (Wildman–Crippen MR) is 289 cm³/mol. The summed E-state index contributed by atoms with van der Waals surface area (Å²) in [5.41, 5.74) is 16.3. The Kier molecular flexibility index (Phi) is 10.3. The molecule has 0 aromatic heterocycles. The molecule has 9 rings (SSSR count). The van der Waals surface area contributed by atoms with Crippen molar-refractivity contribution in [2.24, 2.45) is 0 Å². The van der Waals surface area contributed by atoms with Crippen LogP contribution in [0.3, 0.4) is 0 Å². The Bertz CT molecular complexity index is 2750. The van der Waals surface area contributed by atoms with Crippen LogP contribution >= 0.6 is 0 Å². The minimum absolute atomic E-state index is 0.00384. The Hall–Kier alpha value is -5.47. The van der Waals surface area contributed by atoms with E-state index in [1.165, 1.54) is 109 Å². The summed E-state index contributed by atoms with van der Waals surface area (Å²) in [6, 6.07) is 48.3. The van der Waals surface area contributed by atoms with Gasteiger partial charge in [0.15, 0.2) is 0 Å². The van der Waals surface area contributed by atoms with Crippen LogP contribution in [0.2, 0.25) is 0 Å². The highest BCUT2D eigenvalue weighted by Gasteiger charge is 2.42. The smallest absolute Gasteiger partial charge is 0.241 e. The first kappa shape index (κ1) is 43.8. The zero-order valence-electron chi connectivity index (χ0n) is 41.6. The Labute approximate surface area is 385 Å². The van der Waals surface area contributed by atoms with Crippen molar-refractivity contribution < 1.29 is 0 Å².